The minimum Gasteiger partial charge on any atom is -0.454 e. The molecule has 1 heterocycles. The molecule has 2 amide bonds. The number of carbonyl (C=O) groups is 2. The lowest BCUT2D eigenvalue weighted by atomic mass is 10.1. The Hall–Kier alpha value is -2.79. The van der Waals surface area contributed by atoms with Crippen molar-refractivity contribution in [2.75, 3.05) is 29.9 Å². The molecule has 0 aromatic heterocycles. The number of hydrogen-bond acceptors (Lipinski definition) is 6. The van der Waals surface area contributed by atoms with E-state index in [1.807, 2.05) is 38.1 Å². The third kappa shape index (κ3) is 6.91. The molecule has 11 heteroatoms. The Labute approximate surface area is 220 Å². The molecule has 0 unspecified atom stereocenters. The summed E-state index contributed by atoms with van der Waals surface area (Å²) < 4.78 is 38.7. The fraction of sp³-hybridized carbons (Fsp3) is 0.440. The fourth-order valence-electron chi connectivity index (χ4n) is 3.58. The number of amides is 2. The van der Waals surface area contributed by atoms with Crippen molar-refractivity contribution in [1.82, 2.24) is 10.2 Å². The standard InChI is InChI=1S/C25H32BrN3O6S/c1-5-36(32,33)29(21-10-11-22-23(12-21)35-16-34-22)15-24(30)28(14-19-6-8-20(26)9-7-19)18(4)25(31)27-13-17(2)3/h6-12,17-18H,5,13-16H2,1-4H3,(H,27,31)/t18-/m1/s1. The van der Waals surface area contributed by atoms with E-state index in [1.54, 1.807) is 25.1 Å². The average molecular weight is 583 g/mol. The van der Waals surface area contributed by atoms with Crippen molar-refractivity contribution < 1.29 is 27.5 Å². The molecule has 0 aliphatic carbocycles. The van der Waals surface area contributed by atoms with Crippen LogP contribution in [0.25, 0.3) is 0 Å². The van der Waals surface area contributed by atoms with Crippen LogP contribution in [0.2, 0.25) is 0 Å². The minimum absolute atomic E-state index is 0.0439. The first-order chi connectivity index (χ1) is 17.0. The molecule has 36 heavy (non-hydrogen) atoms. The Bertz CT molecular complexity index is 1190. The van der Waals surface area contributed by atoms with Crippen molar-refractivity contribution in [2.24, 2.45) is 5.92 Å². The zero-order valence-corrected chi connectivity index (χ0v) is 23.3. The van der Waals surface area contributed by atoms with Gasteiger partial charge < -0.3 is 19.7 Å². The number of fused-ring (bicyclic) bond motifs is 1. The van der Waals surface area contributed by atoms with E-state index in [4.69, 9.17) is 9.47 Å². The molecule has 0 bridgehead atoms. The lowest BCUT2D eigenvalue weighted by Gasteiger charge is -2.32. The number of nitrogens with zero attached hydrogens (tertiary/aromatic N) is 2. The zero-order chi connectivity index (χ0) is 26.5. The van der Waals surface area contributed by atoms with E-state index in [0.717, 1.165) is 14.3 Å². The number of nitrogens with one attached hydrogen (secondary N) is 1. The topological polar surface area (TPSA) is 105 Å². The van der Waals surface area contributed by atoms with Gasteiger partial charge in [-0.05, 0) is 49.6 Å². The molecule has 0 radical (unpaired) electrons. The van der Waals surface area contributed by atoms with Gasteiger partial charge in [0.1, 0.15) is 12.6 Å². The van der Waals surface area contributed by atoms with Crippen LogP contribution < -0.4 is 19.1 Å². The smallest absolute Gasteiger partial charge is 0.244 e. The Morgan fingerprint density at radius 3 is 2.36 bits per heavy atom. The quantitative estimate of drug-likeness (QED) is 0.435. The van der Waals surface area contributed by atoms with E-state index in [0.29, 0.717) is 18.0 Å². The molecule has 1 aliphatic heterocycles. The molecule has 1 N–H and O–H groups in total. The summed E-state index contributed by atoms with van der Waals surface area (Å²) in [7, 11) is -3.82. The molecule has 3 rings (SSSR count). The van der Waals surface area contributed by atoms with E-state index >= 15 is 0 Å². The van der Waals surface area contributed by atoms with Gasteiger partial charge in [0.25, 0.3) is 0 Å². The molecule has 9 nitrogen and oxygen atoms in total. The maximum absolute atomic E-state index is 13.7. The van der Waals surface area contributed by atoms with Gasteiger partial charge in [-0.25, -0.2) is 8.42 Å². The number of benzene rings is 2. The fourth-order valence-corrected chi connectivity index (χ4v) is 4.90. The van der Waals surface area contributed by atoms with Crippen LogP contribution in [0.4, 0.5) is 5.69 Å². The number of ether oxygens (including phenoxy) is 2. The second-order valence-corrected chi connectivity index (χ2v) is 12.0. The van der Waals surface area contributed by atoms with Crippen LogP contribution in [-0.2, 0) is 26.2 Å². The summed E-state index contributed by atoms with van der Waals surface area (Å²) in [6.45, 7) is 7.31. The van der Waals surface area contributed by atoms with Gasteiger partial charge in [0.2, 0.25) is 28.6 Å². The van der Waals surface area contributed by atoms with Crippen LogP contribution in [0.15, 0.2) is 46.9 Å². The summed E-state index contributed by atoms with van der Waals surface area (Å²) in [5.74, 6) is 0.150. The second kappa shape index (κ2) is 12.0. The maximum atomic E-state index is 13.7. The highest BCUT2D eigenvalue weighted by Crippen LogP contribution is 2.36. The largest absolute Gasteiger partial charge is 0.454 e. The molecule has 2 aromatic rings. The molecule has 1 aliphatic rings. The van der Waals surface area contributed by atoms with Gasteiger partial charge in [0, 0.05) is 23.6 Å². The van der Waals surface area contributed by atoms with Gasteiger partial charge >= 0.3 is 0 Å². The first-order valence-corrected chi connectivity index (χ1v) is 14.1. The maximum Gasteiger partial charge on any atom is 0.244 e. The lowest BCUT2D eigenvalue weighted by molar-refractivity contribution is -0.139. The third-order valence-corrected chi connectivity index (χ3v) is 8.01. The van der Waals surface area contributed by atoms with Crippen molar-refractivity contribution in [3.63, 3.8) is 0 Å². The van der Waals surface area contributed by atoms with E-state index in [9.17, 15) is 18.0 Å². The van der Waals surface area contributed by atoms with E-state index in [2.05, 4.69) is 21.2 Å². The van der Waals surface area contributed by atoms with Crippen LogP contribution >= 0.6 is 15.9 Å². The van der Waals surface area contributed by atoms with Crippen LogP contribution in [0, 0.1) is 5.92 Å². The first-order valence-electron chi connectivity index (χ1n) is 11.7. The van der Waals surface area contributed by atoms with Crippen LogP contribution in [-0.4, -0.2) is 56.8 Å². The molecule has 1 atom stereocenters. The van der Waals surface area contributed by atoms with Gasteiger partial charge in [-0.3, -0.25) is 13.9 Å². The van der Waals surface area contributed by atoms with Crippen molar-refractivity contribution in [3.05, 3.63) is 52.5 Å². The number of sulfonamides is 1. The van der Waals surface area contributed by atoms with E-state index in [1.165, 1.54) is 11.8 Å². The number of rotatable bonds is 11. The number of anilines is 1. The predicted molar refractivity (Wildman–Crippen MR) is 141 cm³/mol. The Morgan fingerprint density at radius 2 is 1.72 bits per heavy atom. The summed E-state index contributed by atoms with van der Waals surface area (Å²) in [5.41, 5.74) is 1.10. The van der Waals surface area contributed by atoms with Crippen LogP contribution in [0.3, 0.4) is 0 Å². The summed E-state index contributed by atoms with van der Waals surface area (Å²) in [6, 6.07) is 11.3. The third-order valence-electron chi connectivity index (χ3n) is 5.74. The Morgan fingerprint density at radius 1 is 1.06 bits per heavy atom. The average Bonchev–Trinajstić information content (AvgIpc) is 3.32. The van der Waals surface area contributed by atoms with Crippen LogP contribution in [0.5, 0.6) is 11.5 Å². The highest BCUT2D eigenvalue weighted by atomic mass is 79.9. The monoisotopic (exact) mass is 581 g/mol. The molecule has 2 aromatic carbocycles. The molecular formula is C25H32BrN3O6S. The lowest BCUT2D eigenvalue weighted by Crippen LogP contribution is -2.51. The van der Waals surface area contributed by atoms with Crippen molar-refractivity contribution in [2.45, 2.75) is 40.3 Å². The van der Waals surface area contributed by atoms with E-state index in [-0.39, 0.29) is 36.6 Å². The highest BCUT2D eigenvalue weighted by Gasteiger charge is 2.31. The van der Waals surface area contributed by atoms with Gasteiger partial charge in [0.15, 0.2) is 11.5 Å². The summed E-state index contributed by atoms with van der Waals surface area (Å²) >= 11 is 3.40. The number of halogens is 1. The summed E-state index contributed by atoms with van der Waals surface area (Å²) in [5, 5.41) is 2.86. The van der Waals surface area contributed by atoms with Gasteiger partial charge in [-0.2, -0.15) is 0 Å². The zero-order valence-electron chi connectivity index (χ0n) is 20.9. The van der Waals surface area contributed by atoms with Gasteiger partial charge in [0.05, 0.1) is 11.4 Å². The first kappa shape index (κ1) is 27.8. The SMILES string of the molecule is CCS(=O)(=O)N(CC(=O)N(Cc1ccc(Br)cc1)[C@H](C)C(=O)NCC(C)C)c1ccc2c(c1)OCO2. The molecule has 0 spiro atoms. The molecule has 0 fully saturated rings. The van der Waals surface area contributed by atoms with Crippen molar-refractivity contribution in [3.8, 4) is 11.5 Å². The minimum atomic E-state index is -3.82. The number of hydrogen-bond donors (Lipinski definition) is 1. The van der Waals surface area contributed by atoms with Crippen LogP contribution in [0.1, 0.15) is 33.3 Å². The Balaban J connectivity index is 1.91. The normalized spacial score (nSPS) is 13.4. The van der Waals surface area contributed by atoms with Crippen molar-refractivity contribution >= 4 is 43.5 Å². The second-order valence-electron chi connectivity index (χ2n) is 8.91. The van der Waals surface area contributed by atoms with Crippen molar-refractivity contribution in [1.29, 1.82) is 0 Å². The molecular weight excluding hydrogens is 550 g/mol. The predicted octanol–water partition coefficient (Wildman–Crippen LogP) is 3.52. The van der Waals surface area contributed by atoms with E-state index < -0.39 is 28.5 Å². The highest BCUT2D eigenvalue weighted by molar-refractivity contribution is 9.10. The Kier molecular flexibility index (Phi) is 9.24. The van der Waals surface area contributed by atoms with Gasteiger partial charge in [-0.15, -0.1) is 0 Å². The summed E-state index contributed by atoms with van der Waals surface area (Å²) in [6.07, 6.45) is 0. The molecule has 0 saturated heterocycles. The van der Waals surface area contributed by atoms with Gasteiger partial charge in [-0.1, -0.05) is 41.9 Å². The number of carbonyl (C=O) groups excluding carboxylic acids is 2. The molecule has 196 valence electrons. The molecule has 0 saturated carbocycles. The summed E-state index contributed by atoms with van der Waals surface area (Å²) in [4.78, 5) is 28.0.